The number of aryl methyl sites for hydroxylation is 1. The Kier molecular flexibility index (Phi) is 3.22. The third kappa shape index (κ3) is 2.52. The van der Waals surface area contributed by atoms with Gasteiger partial charge in [0, 0.05) is 38.2 Å². The van der Waals surface area contributed by atoms with Crippen molar-refractivity contribution < 1.29 is 4.79 Å². The fourth-order valence-corrected chi connectivity index (χ4v) is 1.53. The van der Waals surface area contributed by atoms with E-state index >= 15 is 0 Å². The van der Waals surface area contributed by atoms with E-state index in [4.69, 9.17) is 0 Å². The van der Waals surface area contributed by atoms with Crippen LogP contribution >= 0.6 is 0 Å². The molecule has 2 aromatic heterocycles. The number of imidazole rings is 1. The normalized spacial score (nSPS) is 10.5. The number of nitrogens with zero attached hydrogens (tertiary/aromatic N) is 4. The summed E-state index contributed by atoms with van der Waals surface area (Å²) >= 11 is 0. The molecule has 1 amide bonds. The van der Waals surface area contributed by atoms with E-state index in [0.717, 1.165) is 5.69 Å². The first-order chi connectivity index (χ1) is 8.18. The average Bonchev–Trinajstić information content (AvgIpc) is 2.91. The van der Waals surface area contributed by atoms with Crippen molar-refractivity contribution in [2.24, 2.45) is 7.05 Å². The van der Waals surface area contributed by atoms with Crippen molar-refractivity contribution in [3.05, 3.63) is 36.2 Å². The molecule has 0 saturated carbocycles. The summed E-state index contributed by atoms with van der Waals surface area (Å²) in [7, 11) is 1.82. The minimum Gasteiger partial charge on any atom is -0.350 e. The van der Waals surface area contributed by atoms with Gasteiger partial charge in [0.2, 0.25) is 0 Å². The van der Waals surface area contributed by atoms with E-state index in [0.29, 0.717) is 18.7 Å². The van der Waals surface area contributed by atoms with Crippen LogP contribution in [0.15, 0.2) is 24.9 Å². The largest absolute Gasteiger partial charge is 0.350 e. The van der Waals surface area contributed by atoms with Crippen LogP contribution in [0.2, 0.25) is 0 Å². The molecule has 6 heteroatoms. The standard InChI is InChI=1S/C11H15N5O/c1-9-10(7-14-15(9)2)11(17)13-4-6-16-5-3-12-8-16/h3,5,7-8H,4,6H2,1-2H3,(H,13,17). The van der Waals surface area contributed by atoms with Crippen molar-refractivity contribution in [1.29, 1.82) is 0 Å². The summed E-state index contributed by atoms with van der Waals surface area (Å²) in [6.45, 7) is 3.16. The molecule has 1 N–H and O–H groups in total. The Morgan fingerprint density at radius 2 is 2.35 bits per heavy atom. The topological polar surface area (TPSA) is 64.7 Å². The fraction of sp³-hybridized carbons (Fsp3) is 0.364. The molecule has 0 aliphatic carbocycles. The Morgan fingerprint density at radius 3 is 2.94 bits per heavy atom. The Bertz CT molecular complexity index is 500. The number of hydrogen-bond acceptors (Lipinski definition) is 3. The number of rotatable bonds is 4. The molecule has 0 unspecified atom stereocenters. The van der Waals surface area contributed by atoms with Crippen LogP contribution in [0.5, 0.6) is 0 Å². The molecule has 0 aromatic carbocycles. The second-order valence-corrected chi connectivity index (χ2v) is 3.82. The summed E-state index contributed by atoms with van der Waals surface area (Å²) in [4.78, 5) is 15.8. The number of nitrogens with one attached hydrogen (secondary N) is 1. The van der Waals surface area contributed by atoms with Crippen molar-refractivity contribution in [2.45, 2.75) is 13.5 Å². The second-order valence-electron chi connectivity index (χ2n) is 3.82. The predicted molar refractivity (Wildman–Crippen MR) is 62.5 cm³/mol. The van der Waals surface area contributed by atoms with Crippen LogP contribution in [0.25, 0.3) is 0 Å². The van der Waals surface area contributed by atoms with E-state index in [1.54, 1.807) is 23.4 Å². The first-order valence-electron chi connectivity index (χ1n) is 5.41. The maximum atomic E-state index is 11.8. The molecule has 17 heavy (non-hydrogen) atoms. The summed E-state index contributed by atoms with van der Waals surface area (Å²) in [5, 5.41) is 6.89. The smallest absolute Gasteiger partial charge is 0.254 e. The van der Waals surface area contributed by atoms with E-state index in [9.17, 15) is 4.79 Å². The number of aromatic nitrogens is 4. The van der Waals surface area contributed by atoms with Gasteiger partial charge in [-0.25, -0.2) is 4.98 Å². The van der Waals surface area contributed by atoms with Gasteiger partial charge in [-0.05, 0) is 6.92 Å². The molecular weight excluding hydrogens is 218 g/mol. The highest BCUT2D eigenvalue weighted by Crippen LogP contribution is 2.04. The molecule has 2 rings (SSSR count). The molecule has 0 bridgehead atoms. The minimum absolute atomic E-state index is 0.0873. The summed E-state index contributed by atoms with van der Waals surface area (Å²) in [6, 6.07) is 0. The molecule has 0 atom stereocenters. The van der Waals surface area contributed by atoms with E-state index in [1.807, 2.05) is 24.7 Å². The van der Waals surface area contributed by atoms with Crippen LogP contribution in [0, 0.1) is 6.92 Å². The van der Waals surface area contributed by atoms with E-state index in [1.165, 1.54) is 0 Å². The highest BCUT2D eigenvalue weighted by atomic mass is 16.1. The first kappa shape index (κ1) is 11.4. The van der Waals surface area contributed by atoms with Crippen molar-refractivity contribution in [2.75, 3.05) is 6.54 Å². The predicted octanol–water partition coefficient (Wildman–Crippen LogP) is 0.355. The van der Waals surface area contributed by atoms with Gasteiger partial charge in [0.25, 0.3) is 5.91 Å². The molecule has 0 fully saturated rings. The summed E-state index contributed by atoms with van der Waals surface area (Å²) in [6.07, 6.45) is 6.89. The Labute approximate surface area is 99.3 Å². The van der Waals surface area contributed by atoms with Crippen molar-refractivity contribution >= 4 is 5.91 Å². The van der Waals surface area contributed by atoms with Crippen molar-refractivity contribution in [3.8, 4) is 0 Å². The van der Waals surface area contributed by atoms with Gasteiger partial charge < -0.3 is 9.88 Å². The lowest BCUT2D eigenvalue weighted by molar-refractivity contribution is 0.0951. The van der Waals surface area contributed by atoms with Crippen LogP contribution in [0.1, 0.15) is 16.1 Å². The summed E-state index contributed by atoms with van der Waals surface area (Å²) in [5.74, 6) is -0.0873. The maximum Gasteiger partial charge on any atom is 0.254 e. The van der Waals surface area contributed by atoms with Crippen LogP contribution in [-0.4, -0.2) is 31.8 Å². The Morgan fingerprint density at radius 1 is 1.53 bits per heavy atom. The lowest BCUT2D eigenvalue weighted by atomic mass is 10.2. The minimum atomic E-state index is -0.0873. The van der Waals surface area contributed by atoms with Crippen LogP contribution in [-0.2, 0) is 13.6 Å². The number of amides is 1. The first-order valence-corrected chi connectivity index (χ1v) is 5.41. The van der Waals surface area contributed by atoms with Gasteiger partial charge in [-0.1, -0.05) is 0 Å². The molecule has 2 aromatic rings. The Hall–Kier alpha value is -2.11. The van der Waals surface area contributed by atoms with E-state index < -0.39 is 0 Å². The average molecular weight is 233 g/mol. The van der Waals surface area contributed by atoms with Gasteiger partial charge in [0.1, 0.15) is 0 Å². The van der Waals surface area contributed by atoms with E-state index in [-0.39, 0.29) is 5.91 Å². The number of carbonyl (C=O) groups is 1. The SMILES string of the molecule is Cc1c(C(=O)NCCn2ccnc2)cnn1C. The molecular formula is C11H15N5O. The number of hydrogen-bond donors (Lipinski definition) is 1. The monoisotopic (exact) mass is 233 g/mol. The third-order valence-electron chi connectivity index (χ3n) is 2.69. The van der Waals surface area contributed by atoms with Gasteiger partial charge >= 0.3 is 0 Å². The van der Waals surface area contributed by atoms with Gasteiger partial charge in [-0.3, -0.25) is 9.48 Å². The third-order valence-corrected chi connectivity index (χ3v) is 2.69. The molecule has 0 aliphatic rings. The second kappa shape index (κ2) is 4.82. The maximum absolute atomic E-state index is 11.8. The molecule has 0 aliphatic heterocycles. The highest BCUT2D eigenvalue weighted by Gasteiger charge is 2.11. The highest BCUT2D eigenvalue weighted by molar-refractivity contribution is 5.94. The summed E-state index contributed by atoms with van der Waals surface area (Å²) < 4.78 is 3.60. The van der Waals surface area contributed by atoms with Crippen LogP contribution < -0.4 is 5.32 Å². The van der Waals surface area contributed by atoms with Gasteiger partial charge in [0.05, 0.1) is 18.1 Å². The molecule has 0 radical (unpaired) electrons. The fourth-order valence-electron chi connectivity index (χ4n) is 1.53. The van der Waals surface area contributed by atoms with Crippen LogP contribution in [0.3, 0.4) is 0 Å². The zero-order valence-electron chi connectivity index (χ0n) is 9.92. The summed E-state index contributed by atoms with van der Waals surface area (Å²) in [5.41, 5.74) is 1.49. The number of carbonyl (C=O) groups excluding carboxylic acids is 1. The zero-order valence-corrected chi connectivity index (χ0v) is 9.92. The van der Waals surface area contributed by atoms with Gasteiger partial charge in [-0.2, -0.15) is 5.10 Å². The molecule has 0 saturated heterocycles. The quantitative estimate of drug-likeness (QED) is 0.829. The molecule has 6 nitrogen and oxygen atoms in total. The van der Waals surface area contributed by atoms with Gasteiger partial charge in [-0.15, -0.1) is 0 Å². The molecule has 0 spiro atoms. The molecule has 90 valence electrons. The van der Waals surface area contributed by atoms with Gasteiger partial charge in [0.15, 0.2) is 0 Å². The van der Waals surface area contributed by atoms with E-state index in [2.05, 4.69) is 15.4 Å². The molecule has 2 heterocycles. The Balaban J connectivity index is 1.87. The van der Waals surface area contributed by atoms with Crippen molar-refractivity contribution in [1.82, 2.24) is 24.6 Å². The lowest BCUT2D eigenvalue weighted by Gasteiger charge is -2.05. The van der Waals surface area contributed by atoms with Crippen LogP contribution in [0.4, 0.5) is 0 Å². The zero-order chi connectivity index (χ0) is 12.3. The van der Waals surface area contributed by atoms with Crippen molar-refractivity contribution in [3.63, 3.8) is 0 Å². The lowest BCUT2D eigenvalue weighted by Crippen LogP contribution is -2.27.